The lowest BCUT2D eigenvalue weighted by Gasteiger charge is -2.05. The second kappa shape index (κ2) is 5.72. The quantitative estimate of drug-likeness (QED) is 0.643. The molecule has 68 valence electrons. The molecule has 1 N–H and O–H groups in total. The minimum atomic E-state index is -0.473. The lowest BCUT2D eigenvalue weighted by molar-refractivity contribution is 0.206. The Bertz CT molecular complexity index is 204. The largest absolute Gasteiger partial charge is 0.389 e. The van der Waals surface area contributed by atoms with Crippen molar-refractivity contribution in [3.05, 3.63) is 36.2 Å². The van der Waals surface area contributed by atoms with Gasteiger partial charge in [-0.2, -0.15) is 0 Å². The van der Waals surface area contributed by atoms with Crippen LogP contribution in [0.1, 0.15) is 20.3 Å². The van der Waals surface area contributed by atoms with E-state index < -0.39 is 11.9 Å². The zero-order valence-electron chi connectivity index (χ0n) is 7.55. The first kappa shape index (κ1) is 11.1. The molecule has 0 saturated heterocycles. The van der Waals surface area contributed by atoms with Crippen molar-refractivity contribution in [2.75, 3.05) is 0 Å². The van der Waals surface area contributed by atoms with Crippen molar-refractivity contribution < 1.29 is 9.50 Å². The molecule has 0 aliphatic heterocycles. The monoisotopic (exact) mass is 170 g/mol. The highest BCUT2D eigenvalue weighted by Gasteiger charge is 2.00. The van der Waals surface area contributed by atoms with Gasteiger partial charge >= 0.3 is 0 Å². The minimum Gasteiger partial charge on any atom is -0.389 e. The van der Waals surface area contributed by atoms with E-state index >= 15 is 0 Å². The molecule has 1 nitrogen and oxygen atoms in total. The number of aliphatic hydroxyl groups is 1. The third kappa shape index (κ3) is 4.09. The van der Waals surface area contributed by atoms with Crippen LogP contribution in [0.2, 0.25) is 0 Å². The Hall–Kier alpha value is -0.890. The highest BCUT2D eigenvalue weighted by molar-refractivity contribution is 5.20. The molecule has 0 saturated carbocycles. The van der Waals surface area contributed by atoms with Crippen molar-refractivity contribution in [3.8, 4) is 0 Å². The van der Waals surface area contributed by atoms with Crippen LogP contribution in [0.25, 0.3) is 0 Å². The Labute approximate surface area is 72.9 Å². The lowest BCUT2D eigenvalue weighted by Crippen LogP contribution is -2.04. The summed E-state index contributed by atoms with van der Waals surface area (Å²) in [5, 5.41) is 9.27. The van der Waals surface area contributed by atoms with E-state index in [-0.39, 0.29) is 0 Å². The van der Waals surface area contributed by atoms with Gasteiger partial charge in [0, 0.05) is 0 Å². The van der Waals surface area contributed by atoms with Gasteiger partial charge in [0.15, 0.2) is 0 Å². The summed E-state index contributed by atoms with van der Waals surface area (Å²) in [6, 6.07) is 0. The second-order valence-corrected chi connectivity index (χ2v) is 2.59. The van der Waals surface area contributed by atoms with Crippen molar-refractivity contribution >= 4 is 0 Å². The van der Waals surface area contributed by atoms with Crippen LogP contribution >= 0.6 is 0 Å². The van der Waals surface area contributed by atoms with Crippen LogP contribution in [-0.4, -0.2) is 11.2 Å². The van der Waals surface area contributed by atoms with Gasteiger partial charge < -0.3 is 5.11 Å². The first-order valence-corrected chi connectivity index (χ1v) is 3.96. The molecule has 12 heavy (non-hydrogen) atoms. The zero-order chi connectivity index (χ0) is 9.56. The van der Waals surface area contributed by atoms with E-state index in [9.17, 15) is 9.50 Å². The molecular weight excluding hydrogens is 155 g/mol. The fraction of sp³-hybridized carbons (Fsp3) is 0.400. The summed E-state index contributed by atoms with van der Waals surface area (Å²) < 4.78 is 12.5. The van der Waals surface area contributed by atoms with Gasteiger partial charge in [0.25, 0.3) is 0 Å². The average Bonchev–Trinajstić information content (AvgIpc) is 2.11. The van der Waals surface area contributed by atoms with Crippen LogP contribution < -0.4 is 0 Å². The summed E-state index contributed by atoms with van der Waals surface area (Å²) in [6.45, 7) is 6.90. The maximum atomic E-state index is 12.5. The number of rotatable bonds is 4. The molecule has 0 aromatic heterocycles. The number of aliphatic hydroxyl groups excluding tert-OH is 1. The maximum absolute atomic E-state index is 12.5. The molecule has 0 radical (unpaired) electrons. The normalized spacial score (nSPS) is 16.0. The van der Waals surface area contributed by atoms with Crippen LogP contribution in [0.5, 0.6) is 0 Å². The van der Waals surface area contributed by atoms with Crippen molar-refractivity contribution in [2.24, 2.45) is 0 Å². The smallest absolute Gasteiger partial charge is 0.122 e. The SMILES string of the molecule is C=C/C(F)=C\C=C(/C)C(O)CC. The van der Waals surface area contributed by atoms with Gasteiger partial charge in [-0.3, -0.25) is 0 Å². The molecule has 0 bridgehead atoms. The lowest BCUT2D eigenvalue weighted by atomic mass is 10.1. The van der Waals surface area contributed by atoms with Crippen molar-refractivity contribution in [1.82, 2.24) is 0 Å². The molecule has 0 amide bonds. The number of allylic oxidation sites excluding steroid dienone is 4. The Morgan fingerprint density at radius 3 is 2.58 bits per heavy atom. The van der Waals surface area contributed by atoms with Crippen LogP contribution in [0, 0.1) is 0 Å². The fourth-order valence-corrected chi connectivity index (χ4v) is 0.712. The Kier molecular flexibility index (Phi) is 5.30. The summed E-state index contributed by atoms with van der Waals surface area (Å²) in [5.74, 6) is -0.391. The zero-order valence-corrected chi connectivity index (χ0v) is 7.55. The van der Waals surface area contributed by atoms with Gasteiger partial charge in [0.2, 0.25) is 0 Å². The molecule has 0 heterocycles. The van der Waals surface area contributed by atoms with Gasteiger partial charge in [0.05, 0.1) is 6.10 Å². The molecular formula is C10H15FO. The fourth-order valence-electron chi connectivity index (χ4n) is 0.712. The van der Waals surface area contributed by atoms with Crippen LogP contribution in [0.4, 0.5) is 4.39 Å². The first-order valence-electron chi connectivity index (χ1n) is 3.96. The molecule has 2 heteroatoms. The van der Waals surface area contributed by atoms with Gasteiger partial charge in [-0.15, -0.1) is 0 Å². The third-order valence-corrected chi connectivity index (χ3v) is 1.61. The van der Waals surface area contributed by atoms with E-state index in [0.717, 1.165) is 11.6 Å². The summed E-state index contributed by atoms with van der Waals surface area (Å²) in [5.41, 5.74) is 0.759. The van der Waals surface area contributed by atoms with E-state index in [1.165, 1.54) is 6.08 Å². The average molecular weight is 170 g/mol. The first-order chi connectivity index (χ1) is 5.61. The van der Waals surface area contributed by atoms with E-state index in [1.807, 2.05) is 6.92 Å². The number of hydrogen-bond donors (Lipinski definition) is 1. The van der Waals surface area contributed by atoms with Crippen molar-refractivity contribution in [3.63, 3.8) is 0 Å². The van der Waals surface area contributed by atoms with Crippen molar-refractivity contribution in [2.45, 2.75) is 26.4 Å². The molecule has 1 atom stereocenters. The Morgan fingerprint density at radius 1 is 1.58 bits per heavy atom. The third-order valence-electron chi connectivity index (χ3n) is 1.61. The number of halogens is 1. The predicted molar refractivity (Wildman–Crippen MR) is 49.4 cm³/mol. The van der Waals surface area contributed by atoms with E-state index in [1.54, 1.807) is 13.0 Å². The van der Waals surface area contributed by atoms with Gasteiger partial charge in [-0.05, 0) is 31.1 Å². The second-order valence-electron chi connectivity index (χ2n) is 2.59. The molecule has 1 unspecified atom stereocenters. The predicted octanol–water partition coefficient (Wildman–Crippen LogP) is 2.74. The summed E-state index contributed by atoms with van der Waals surface area (Å²) in [6.07, 6.45) is 4.15. The highest BCUT2D eigenvalue weighted by atomic mass is 19.1. The van der Waals surface area contributed by atoms with Crippen LogP contribution in [-0.2, 0) is 0 Å². The molecule has 0 spiro atoms. The standard InChI is InChI=1S/C10H15FO/c1-4-9(11)7-6-8(3)10(12)5-2/h4,6-7,10,12H,1,5H2,2-3H3/b8-6+,9-7+. The summed E-state index contributed by atoms with van der Waals surface area (Å²) in [4.78, 5) is 0. The molecule has 0 aromatic rings. The molecule has 0 rings (SSSR count). The molecule has 0 fully saturated rings. The Morgan fingerprint density at radius 2 is 2.17 bits per heavy atom. The van der Waals surface area contributed by atoms with Gasteiger partial charge in [-0.25, -0.2) is 4.39 Å². The van der Waals surface area contributed by atoms with Crippen LogP contribution in [0.3, 0.4) is 0 Å². The van der Waals surface area contributed by atoms with E-state index in [2.05, 4.69) is 6.58 Å². The Balaban J connectivity index is 4.26. The maximum Gasteiger partial charge on any atom is 0.122 e. The van der Waals surface area contributed by atoms with Gasteiger partial charge in [0.1, 0.15) is 5.83 Å². The topological polar surface area (TPSA) is 20.2 Å². The van der Waals surface area contributed by atoms with E-state index in [0.29, 0.717) is 6.42 Å². The molecule has 0 aromatic carbocycles. The summed E-state index contributed by atoms with van der Waals surface area (Å²) >= 11 is 0. The molecule has 0 aliphatic carbocycles. The van der Waals surface area contributed by atoms with E-state index in [4.69, 9.17) is 0 Å². The van der Waals surface area contributed by atoms with Crippen molar-refractivity contribution in [1.29, 1.82) is 0 Å². The minimum absolute atomic E-state index is 0.391. The highest BCUT2D eigenvalue weighted by Crippen LogP contribution is 2.06. The number of hydrogen-bond acceptors (Lipinski definition) is 1. The summed E-state index contributed by atoms with van der Waals surface area (Å²) in [7, 11) is 0. The van der Waals surface area contributed by atoms with Gasteiger partial charge in [-0.1, -0.05) is 19.6 Å². The molecule has 0 aliphatic rings. The van der Waals surface area contributed by atoms with Crippen LogP contribution in [0.15, 0.2) is 36.2 Å².